The lowest BCUT2D eigenvalue weighted by molar-refractivity contribution is -0.122. The van der Waals surface area contributed by atoms with Gasteiger partial charge in [0.05, 0.1) is 11.4 Å². The molecular weight excluding hydrogens is 360 g/mol. The van der Waals surface area contributed by atoms with Gasteiger partial charge in [0.15, 0.2) is 0 Å². The molecule has 1 N–H and O–H groups in total. The number of benzene rings is 1. The zero-order valence-corrected chi connectivity index (χ0v) is 16.2. The third kappa shape index (κ3) is 4.01. The third-order valence-corrected chi connectivity index (χ3v) is 7.78. The lowest BCUT2D eigenvalue weighted by Gasteiger charge is -2.29. The normalized spacial score (nSPS) is 26.8. The fraction of sp³-hybridized carbons (Fsp3) is 0.611. The average molecular weight is 385 g/mol. The van der Waals surface area contributed by atoms with Gasteiger partial charge in [0.2, 0.25) is 15.9 Å². The summed E-state index contributed by atoms with van der Waals surface area (Å²) in [5.74, 6) is 1.81. The first-order valence-corrected chi connectivity index (χ1v) is 10.6. The molecule has 138 valence electrons. The molecule has 2 aliphatic carbocycles. The maximum atomic E-state index is 12.5. The fourth-order valence-electron chi connectivity index (χ4n) is 4.39. The van der Waals surface area contributed by atoms with Crippen molar-refractivity contribution >= 4 is 27.5 Å². The van der Waals surface area contributed by atoms with Gasteiger partial charge in [-0.3, -0.25) is 4.79 Å². The number of nitrogens with one attached hydrogen (secondary N) is 1. The summed E-state index contributed by atoms with van der Waals surface area (Å²) in [6, 6.07) is 6.04. The summed E-state index contributed by atoms with van der Waals surface area (Å²) in [7, 11) is -2.28. The molecule has 0 unspecified atom stereocenters. The molecule has 0 radical (unpaired) electrons. The van der Waals surface area contributed by atoms with E-state index in [1.165, 1.54) is 57.0 Å². The van der Waals surface area contributed by atoms with Gasteiger partial charge >= 0.3 is 0 Å². The molecule has 0 aromatic heterocycles. The van der Waals surface area contributed by atoms with E-state index in [2.05, 4.69) is 5.32 Å². The molecule has 0 spiro atoms. The predicted molar refractivity (Wildman–Crippen MR) is 97.8 cm³/mol. The molecule has 7 heteroatoms. The van der Waals surface area contributed by atoms with E-state index in [0.29, 0.717) is 10.9 Å². The first-order chi connectivity index (χ1) is 11.8. The summed E-state index contributed by atoms with van der Waals surface area (Å²) in [6.45, 7) is 1.85. The second kappa shape index (κ2) is 7.25. The predicted octanol–water partition coefficient (Wildman–Crippen LogP) is 2.90. The highest BCUT2D eigenvalue weighted by Gasteiger charge is 2.42. The lowest BCUT2D eigenvalue weighted by Crippen LogP contribution is -2.45. The van der Waals surface area contributed by atoms with E-state index >= 15 is 0 Å². The van der Waals surface area contributed by atoms with E-state index in [-0.39, 0.29) is 23.4 Å². The summed E-state index contributed by atoms with van der Waals surface area (Å²) in [5.41, 5.74) is 0. The van der Waals surface area contributed by atoms with Gasteiger partial charge in [-0.05, 0) is 68.2 Å². The molecule has 3 rings (SSSR count). The van der Waals surface area contributed by atoms with Crippen LogP contribution in [0.25, 0.3) is 0 Å². The van der Waals surface area contributed by atoms with Crippen LogP contribution in [0.1, 0.15) is 32.6 Å². The second-order valence-electron chi connectivity index (χ2n) is 7.41. The molecular formula is C18H25ClN2O3S. The van der Waals surface area contributed by atoms with Crippen molar-refractivity contribution in [2.24, 2.45) is 17.8 Å². The summed E-state index contributed by atoms with van der Waals surface area (Å²) in [6.07, 6.45) is 5.06. The molecule has 4 atom stereocenters. The number of amides is 1. The minimum atomic E-state index is -3.70. The van der Waals surface area contributed by atoms with Crippen LogP contribution in [0.15, 0.2) is 29.2 Å². The minimum Gasteiger partial charge on any atom is -0.352 e. The first-order valence-electron chi connectivity index (χ1n) is 8.78. The molecule has 1 aromatic rings. The maximum Gasteiger partial charge on any atom is 0.243 e. The van der Waals surface area contributed by atoms with Gasteiger partial charge < -0.3 is 5.32 Å². The fourth-order valence-corrected chi connectivity index (χ4v) is 5.64. The van der Waals surface area contributed by atoms with Crippen molar-refractivity contribution in [1.29, 1.82) is 0 Å². The highest BCUT2D eigenvalue weighted by atomic mass is 35.5. The molecule has 2 saturated carbocycles. The molecule has 1 amide bonds. The Morgan fingerprint density at radius 3 is 2.52 bits per heavy atom. The number of nitrogens with zero attached hydrogens (tertiary/aromatic N) is 1. The van der Waals surface area contributed by atoms with Crippen molar-refractivity contribution in [3.8, 4) is 0 Å². The Bertz CT molecular complexity index is 735. The Labute approximate surface area is 154 Å². The largest absolute Gasteiger partial charge is 0.352 e. The van der Waals surface area contributed by atoms with Crippen molar-refractivity contribution in [3.63, 3.8) is 0 Å². The van der Waals surface area contributed by atoms with Gasteiger partial charge in [0.25, 0.3) is 0 Å². The molecule has 0 saturated heterocycles. The molecule has 25 heavy (non-hydrogen) atoms. The molecule has 2 fully saturated rings. The van der Waals surface area contributed by atoms with Crippen LogP contribution in [0, 0.1) is 17.8 Å². The molecule has 1 aromatic carbocycles. The number of hydrogen-bond acceptors (Lipinski definition) is 3. The van der Waals surface area contributed by atoms with Crippen LogP contribution in [-0.2, 0) is 14.8 Å². The smallest absolute Gasteiger partial charge is 0.243 e. The number of sulfonamides is 1. The zero-order valence-electron chi connectivity index (χ0n) is 14.6. The number of hydrogen-bond donors (Lipinski definition) is 1. The van der Waals surface area contributed by atoms with E-state index in [1.54, 1.807) is 0 Å². The quantitative estimate of drug-likeness (QED) is 0.820. The number of rotatable bonds is 6. The highest BCUT2D eigenvalue weighted by molar-refractivity contribution is 7.89. The summed E-state index contributed by atoms with van der Waals surface area (Å²) < 4.78 is 26.1. The van der Waals surface area contributed by atoms with E-state index in [1.807, 2.05) is 6.92 Å². The SMILES string of the molecule is C[C@@H](NC(=O)CN(C)S(=O)(=O)c1ccc(Cl)cc1)[C@H]1C[C@@H]2CC[C@H]1C2. The summed E-state index contributed by atoms with van der Waals surface area (Å²) in [5, 5.41) is 3.48. The van der Waals surface area contributed by atoms with Crippen LogP contribution in [0.5, 0.6) is 0 Å². The Kier molecular flexibility index (Phi) is 5.42. The maximum absolute atomic E-state index is 12.5. The highest BCUT2D eigenvalue weighted by Crippen LogP contribution is 2.49. The van der Waals surface area contributed by atoms with Crippen molar-refractivity contribution < 1.29 is 13.2 Å². The standard InChI is InChI=1S/C18H25ClN2O3S/c1-12(17-10-13-3-4-14(17)9-13)20-18(22)11-21(2)25(23,24)16-7-5-15(19)6-8-16/h5-8,12-14,17H,3-4,9-11H2,1-2H3,(H,20,22)/t12-,13-,14+,17-/m1/s1. The Balaban J connectivity index is 1.57. The lowest BCUT2D eigenvalue weighted by atomic mass is 9.84. The van der Waals surface area contributed by atoms with Crippen LogP contribution in [0.2, 0.25) is 5.02 Å². The van der Waals surface area contributed by atoms with Gasteiger partial charge in [0, 0.05) is 18.1 Å². The third-order valence-electron chi connectivity index (χ3n) is 5.71. The molecule has 0 aliphatic heterocycles. The summed E-state index contributed by atoms with van der Waals surface area (Å²) in [4.78, 5) is 12.5. The monoisotopic (exact) mass is 384 g/mol. The van der Waals surface area contributed by atoms with Crippen LogP contribution in [0.4, 0.5) is 0 Å². The number of likely N-dealkylation sites (N-methyl/N-ethyl adjacent to an activating group) is 1. The van der Waals surface area contributed by atoms with Crippen molar-refractivity contribution in [2.75, 3.05) is 13.6 Å². The van der Waals surface area contributed by atoms with Gasteiger partial charge in [-0.25, -0.2) is 8.42 Å². The topological polar surface area (TPSA) is 66.5 Å². The zero-order chi connectivity index (χ0) is 18.2. The van der Waals surface area contributed by atoms with E-state index in [4.69, 9.17) is 11.6 Å². The van der Waals surface area contributed by atoms with E-state index in [0.717, 1.165) is 16.1 Å². The van der Waals surface area contributed by atoms with Crippen LogP contribution >= 0.6 is 11.6 Å². The molecule has 2 aliphatic rings. The van der Waals surface area contributed by atoms with Crippen molar-refractivity contribution in [2.45, 2.75) is 43.5 Å². The Morgan fingerprint density at radius 2 is 1.96 bits per heavy atom. The number of fused-ring (bicyclic) bond motifs is 2. The summed E-state index contributed by atoms with van der Waals surface area (Å²) >= 11 is 5.80. The van der Waals surface area contributed by atoms with Gasteiger partial charge in [0.1, 0.15) is 0 Å². The molecule has 0 heterocycles. The Hall–Kier alpha value is -1.11. The van der Waals surface area contributed by atoms with Gasteiger partial charge in [-0.15, -0.1) is 0 Å². The van der Waals surface area contributed by atoms with Crippen LogP contribution < -0.4 is 5.32 Å². The van der Waals surface area contributed by atoms with Crippen LogP contribution in [0.3, 0.4) is 0 Å². The average Bonchev–Trinajstić information content (AvgIpc) is 3.18. The molecule has 2 bridgehead atoms. The Morgan fingerprint density at radius 1 is 1.28 bits per heavy atom. The van der Waals surface area contributed by atoms with E-state index < -0.39 is 10.0 Å². The first kappa shape index (κ1) is 18.7. The van der Waals surface area contributed by atoms with Crippen molar-refractivity contribution in [1.82, 2.24) is 9.62 Å². The van der Waals surface area contributed by atoms with Gasteiger partial charge in [-0.2, -0.15) is 4.31 Å². The van der Waals surface area contributed by atoms with Gasteiger partial charge in [-0.1, -0.05) is 18.0 Å². The minimum absolute atomic E-state index is 0.0921. The number of carbonyl (C=O) groups excluding carboxylic acids is 1. The number of halogens is 1. The number of carbonyl (C=O) groups is 1. The van der Waals surface area contributed by atoms with E-state index in [9.17, 15) is 13.2 Å². The van der Waals surface area contributed by atoms with Crippen LogP contribution in [-0.4, -0.2) is 38.3 Å². The van der Waals surface area contributed by atoms with Crippen molar-refractivity contribution in [3.05, 3.63) is 29.3 Å². The molecule has 5 nitrogen and oxygen atoms in total. The second-order valence-corrected chi connectivity index (χ2v) is 9.89.